The fourth-order valence-corrected chi connectivity index (χ4v) is 3.37. The lowest BCUT2D eigenvalue weighted by molar-refractivity contribution is -0.122. The molecule has 2 aromatic rings. The molecule has 3 rings (SSSR count). The summed E-state index contributed by atoms with van der Waals surface area (Å²) in [6, 6.07) is 18.3. The Morgan fingerprint density at radius 3 is 2.61 bits per heavy atom. The van der Waals surface area contributed by atoms with Crippen LogP contribution in [0, 0.1) is 5.92 Å². The number of rotatable bonds is 6. The summed E-state index contributed by atoms with van der Waals surface area (Å²) in [5, 5.41) is 3.85. The minimum absolute atomic E-state index is 0.0851. The fraction of sp³-hybridized carbons (Fsp3) is 0.350. The largest absolute Gasteiger partial charge is 0.356 e. The van der Waals surface area contributed by atoms with Gasteiger partial charge in [0.1, 0.15) is 0 Å². The molecule has 1 N–H and O–H groups in total. The summed E-state index contributed by atoms with van der Waals surface area (Å²) in [4.78, 5) is 12.3. The van der Waals surface area contributed by atoms with Crippen molar-refractivity contribution in [2.24, 2.45) is 5.92 Å². The average Bonchev–Trinajstić information content (AvgIpc) is 3.36. The van der Waals surface area contributed by atoms with Crippen LogP contribution in [0.15, 0.2) is 54.6 Å². The highest BCUT2D eigenvalue weighted by Crippen LogP contribution is 2.49. The maximum absolute atomic E-state index is 12.3. The third kappa shape index (κ3) is 3.94. The highest BCUT2D eigenvalue weighted by molar-refractivity contribution is 6.31. The van der Waals surface area contributed by atoms with Crippen LogP contribution in [0.1, 0.15) is 42.7 Å². The number of carbonyl (C=O) groups excluding carboxylic acids is 1. The lowest BCUT2D eigenvalue weighted by atomic mass is 9.98. The molecule has 0 bridgehead atoms. The van der Waals surface area contributed by atoms with E-state index in [0.29, 0.717) is 5.92 Å². The molecule has 0 saturated heterocycles. The molecule has 1 fully saturated rings. The molecule has 2 aromatic carbocycles. The number of hydrogen-bond donors (Lipinski definition) is 1. The lowest BCUT2D eigenvalue weighted by Gasteiger charge is -2.12. The van der Waals surface area contributed by atoms with Crippen molar-refractivity contribution in [2.45, 2.75) is 31.6 Å². The molecule has 1 amide bonds. The second-order valence-corrected chi connectivity index (χ2v) is 6.77. The molecule has 0 heterocycles. The number of benzene rings is 2. The second kappa shape index (κ2) is 7.18. The van der Waals surface area contributed by atoms with Crippen molar-refractivity contribution in [3.63, 3.8) is 0 Å². The zero-order chi connectivity index (χ0) is 16.2. The molecule has 1 saturated carbocycles. The monoisotopic (exact) mass is 327 g/mol. The first-order valence-corrected chi connectivity index (χ1v) is 8.61. The highest BCUT2D eigenvalue weighted by atomic mass is 35.5. The summed E-state index contributed by atoms with van der Waals surface area (Å²) in [6.45, 7) is 2.92. The average molecular weight is 328 g/mol. The van der Waals surface area contributed by atoms with Gasteiger partial charge < -0.3 is 5.32 Å². The van der Waals surface area contributed by atoms with Gasteiger partial charge in [0.25, 0.3) is 0 Å². The first-order valence-electron chi connectivity index (χ1n) is 8.24. The van der Waals surface area contributed by atoms with E-state index in [-0.39, 0.29) is 17.7 Å². The standard InChI is InChI=1S/C20H22ClNO/c1-14(15-7-3-2-4-8-15)11-12-22-20(23)18-13-17(18)16-9-5-6-10-19(16)21/h2-10,14,17-18H,11-13H2,1H3,(H,22,23). The Hall–Kier alpha value is -1.80. The number of hydrogen-bond acceptors (Lipinski definition) is 1. The van der Waals surface area contributed by atoms with Gasteiger partial charge in [0.05, 0.1) is 0 Å². The predicted octanol–water partition coefficient (Wildman–Crippen LogP) is 4.75. The SMILES string of the molecule is CC(CCNC(=O)C1CC1c1ccccc1Cl)c1ccccc1. The van der Waals surface area contributed by atoms with Crippen LogP contribution in [-0.2, 0) is 4.79 Å². The van der Waals surface area contributed by atoms with Crippen LogP contribution in [0.4, 0.5) is 0 Å². The molecule has 3 atom stereocenters. The number of halogens is 1. The van der Waals surface area contributed by atoms with E-state index in [2.05, 4.69) is 36.5 Å². The lowest BCUT2D eigenvalue weighted by Crippen LogP contribution is -2.27. The second-order valence-electron chi connectivity index (χ2n) is 6.36. The van der Waals surface area contributed by atoms with Crippen molar-refractivity contribution in [1.82, 2.24) is 5.32 Å². The number of nitrogens with one attached hydrogen (secondary N) is 1. The van der Waals surface area contributed by atoms with Crippen molar-refractivity contribution in [2.75, 3.05) is 6.54 Å². The van der Waals surface area contributed by atoms with E-state index in [1.807, 2.05) is 30.3 Å². The fourth-order valence-electron chi connectivity index (χ4n) is 3.10. The van der Waals surface area contributed by atoms with Gasteiger partial charge in [0.15, 0.2) is 0 Å². The molecule has 23 heavy (non-hydrogen) atoms. The minimum atomic E-state index is 0.0851. The van der Waals surface area contributed by atoms with Gasteiger partial charge in [0.2, 0.25) is 5.91 Å². The van der Waals surface area contributed by atoms with Gasteiger partial charge in [-0.2, -0.15) is 0 Å². The van der Waals surface area contributed by atoms with Crippen LogP contribution >= 0.6 is 11.6 Å². The smallest absolute Gasteiger partial charge is 0.223 e. The normalized spacial score (nSPS) is 20.8. The van der Waals surface area contributed by atoms with Crippen LogP contribution in [-0.4, -0.2) is 12.5 Å². The van der Waals surface area contributed by atoms with E-state index in [1.54, 1.807) is 0 Å². The van der Waals surface area contributed by atoms with Crippen molar-refractivity contribution >= 4 is 17.5 Å². The third-order valence-corrected chi connectivity index (χ3v) is 5.02. The molecule has 0 aromatic heterocycles. The quantitative estimate of drug-likeness (QED) is 0.814. The van der Waals surface area contributed by atoms with E-state index in [0.717, 1.165) is 30.0 Å². The van der Waals surface area contributed by atoms with Crippen LogP contribution in [0.3, 0.4) is 0 Å². The molecular weight excluding hydrogens is 306 g/mol. The van der Waals surface area contributed by atoms with Crippen LogP contribution in [0.2, 0.25) is 5.02 Å². The Balaban J connectivity index is 1.45. The summed E-state index contributed by atoms with van der Waals surface area (Å²) >= 11 is 6.21. The summed E-state index contributed by atoms with van der Waals surface area (Å²) < 4.78 is 0. The van der Waals surface area contributed by atoms with Crippen LogP contribution in [0.5, 0.6) is 0 Å². The van der Waals surface area contributed by atoms with Gasteiger partial charge in [-0.3, -0.25) is 4.79 Å². The van der Waals surface area contributed by atoms with Crippen molar-refractivity contribution in [1.29, 1.82) is 0 Å². The van der Waals surface area contributed by atoms with E-state index < -0.39 is 0 Å². The molecule has 0 aliphatic heterocycles. The Morgan fingerprint density at radius 1 is 1.17 bits per heavy atom. The summed E-state index contributed by atoms with van der Waals surface area (Å²) in [5.41, 5.74) is 2.43. The third-order valence-electron chi connectivity index (χ3n) is 4.68. The molecule has 3 unspecified atom stereocenters. The van der Waals surface area contributed by atoms with Gasteiger partial charge >= 0.3 is 0 Å². The first kappa shape index (κ1) is 16.1. The molecule has 0 radical (unpaired) electrons. The highest BCUT2D eigenvalue weighted by Gasteiger charge is 2.44. The van der Waals surface area contributed by atoms with Gasteiger partial charge in [-0.15, -0.1) is 0 Å². The van der Waals surface area contributed by atoms with Gasteiger partial charge in [-0.1, -0.05) is 67.1 Å². The molecule has 2 nitrogen and oxygen atoms in total. The topological polar surface area (TPSA) is 29.1 Å². The van der Waals surface area contributed by atoms with Gasteiger partial charge in [-0.25, -0.2) is 0 Å². The summed E-state index contributed by atoms with van der Waals surface area (Å²) in [6.07, 6.45) is 1.86. The molecular formula is C20H22ClNO. The van der Waals surface area contributed by atoms with Crippen molar-refractivity contribution < 1.29 is 4.79 Å². The maximum atomic E-state index is 12.3. The Kier molecular flexibility index (Phi) is 5.02. The van der Waals surface area contributed by atoms with Crippen molar-refractivity contribution in [3.8, 4) is 0 Å². The zero-order valence-electron chi connectivity index (χ0n) is 13.3. The van der Waals surface area contributed by atoms with E-state index >= 15 is 0 Å². The van der Waals surface area contributed by atoms with E-state index in [9.17, 15) is 4.79 Å². The Bertz CT molecular complexity index is 670. The van der Waals surface area contributed by atoms with Crippen molar-refractivity contribution in [3.05, 3.63) is 70.7 Å². The predicted molar refractivity (Wildman–Crippen MR) is 94.8 cm³/mol. The summed E-state index contributed by atoms with van der Waals surface area (Å²) in [7, 11) is 0. The van der Waals surface area contributed by atoms with Crippen LogP contribution < -0.4 is 5.32 Å². The first-order chi connectivity index (χ1) is 11.2. The number of carbonyl (C=O) groups is 1. The zero-order valence-corrected chi connectivity index (χ0v) is 14.1. The Labute approximate surface area is 142 Å². The van der Waals surface area contributed by atoms with E-state index in [1.165, 1.54) is 5.56 Å². The van der Waals surface area contributed by atoms with Gasteiger partial charge in [0, 0.05) is 17.5 Å². The molecule has 3 heteroatoms. The van der Waals surface area contributed by atoms with E-state index in [4.69, 9.17) is 11.6 Å². The van der Waals surface area contributed by atoms with Crippen LogP contribution in [0.25, 0.3) is 0 Å². The number of amides is 1. The minimum Gasteiger partial charge on any atom is -0.356 e. The molecule has 120 valence electrons. The molecule has 1 aliphatic rings. The molecule has 0 spiro atoms. The van der Waals surface area contributed by atoms with Gasteiger partial charge in [-0.05, 0) is 41.9 Å². The summed E-state index contributed by atoms with van der Waals surface area (Å²) in [5.74, 6) is 0.988. The maximum Gasteiger partial charge on any atom is 0.223 e. The Morgan fingerprint density at radius 2 is 1.87 bits per heavy atom. The molecule has 1 aliphatic carbocycles.